The maximum atomic E-state index is 12.8. The molecule has 10 heteroatoms. The zero-order valence-corrected chi connectivity index (χ0v) is 15.0. The summed E-state index contributed by atoms with van der Waals surface area (Å²) in [6.07, 6.45) is 1.83. The zero-order chi connectivity index (χ0) is 17.8. The van der Waals surface area contributed by atoms with Crippen LogP contribution in [0.2, 0.25) is 0 Å². The van der Waals surface area contributed by atoms with Crippen LogP contribution in [0, 0.1) is 0 Å². The van der Waals surface area contributed by atoms with E-state index >= 15 is 0 Å². The molecule has 0 saturated carbocycles. The van der Waals surface area contributed by atoms with E-state index < -0.39 is 21.7 Å². The highest BCUT2D eigenvalue weighted by atomic mass is 32.2. The van der Waals surface area contributed by atoms with Gasteiger partial charge >= 0.3 is 6.09 Å². The minimum atomic E-state index is -3.73. The van der Waals surface area contributed by atoms with Gasteiger partial charge in [-0.2, -0.15) is 5.10 Å². The second kappa shape index (κ2) is 7.18. The summed E-state index contributed by atoms with van der Waals surface area (Å²) in [6, 6.07) is 0. The van der Waals surface area contributed by atoms with E-state index in [0.717, 1.165) is 0 Å². The standard InChI is InChI=1S/C13H25N5O4S/c1-13(2,15-12(19)20)10-23(21,22)18(7-6-16(3)4)11-8-14-17(5)9-11/h8-9,15H,6-7,10H2,1-5H3,(H,19,20). The second-order valence-electron chi connectivity index (χ2n) is 6.32. The summed E-state index contributed by atoms with van der Waals surface area (Å²) in [7, 11) is 1.67. The van der Waals surface area contributed by atoms with Crippen molar-refractivity contribution in [2.75, 3.05) is 37.2 Å². The molecule has 0 aliphatic carbocycles. The van der Waals surface area contributed by atoms with E-state index in [0.29, 0.717) is 12.2 Å². The van der Waals surface area contributed by atoms with Crippen LogP contribution in [0.1, 0.15) is 13.8 Å². The summed E-state index contributed by atoms with van der Waals surface area (Å²) in [4.78, 5) is 12.7. The SMILES string of the molecule is CN(C)CCN(c1cnn(C)c1)S(=O)(=O)CC(C)(C)NC(=O)O. The number of nitrogens with one attached hydrogen (secondary N) is 1. The first kappa shape index (κ1) is 19.2. The van der Waals surface area contributed by atoms with Crippen molar-refractivity contribution in [2.45, 2.75) is 19.4 Å². The monoisotopic (exact) mass is 347 g/mol. The lowest BCUT2D eigenvalue weighted by molar-refractivity contribution is 0.185. The summed E-state index contributed by atoms with van der Waals surface area (Å²) in [6.45, 7) is 3.85. The summed E-state index contributed by atoms with van der Waals surface area (Å²) in [5.41, 5.74) is -0.649. The molecule has 0 fully saturated rings. The Hall–Kier alpha value is -1.81. The number of amides is 1. The predicted molar refractivity (Wildman–Crippen MR) is 88.1 cm³/mol. The molecular formula is C13H25N5O4S. The number of likely N-dealkylation sites (N-methyl/N-ethyl adjacent to an activating group) is 1. The van der Waals surface area contributed by atoms with E-state index in [4.69, 9.17) is 5.11 Å². The van der Waals surface area contributed by atoms with E-state index in [9.17, 15) is 13.2 Å². The Morgan fingerprint density at radius 1 is 1.39 bits per heavy atom. The highest BCUT2D eigenvalue weighted by Gasteiger charge is 2.32. The van der Waals surface area contributed by atoms with Gasteiger partial charge < -0.3 is 15.3 Å². The van der Waals surface area contributed by atoms with E-state index in [1.165, 1.54) is 29.0 Å². The van der Waals surface area contributed by atoms with Crippen molar-refractivity contribution >= 4 is 21.8 Å². The van der Waals surface area contributed by atoms with Gasteiger partial charge in [-0.3, -0.25) is 8.99 Å². The Morgan fingerprint density at radius 2 is 2.00 bits per heavy atom. The summed E-state index contributed by atoms with van der Waals surface area (Å²) in [5, 5.41) is 15.1. The number of rotatable bonds is 8. The van der Waals surface area contributed by atoms with Crippen molar-refractivity contribution in [1.82, 2.24) is 20.0 Å². The fourth-order valence-electron chi connectivity index (χ4n) is 2.12. The van der Waals surface area contributed by atoms with Gasteiger partial charge in [-0.05, 0) is 27.9 Å². The Morgan fingerprint density at radius 3 is 2.43 bits per heavy atom. The highest BCUT2D eigenvalue weighted by Crippen LogP contribution is 2.20. The fourth-order valence-corrected chi connectivity index (χ4v) is 4.03. The fraction of sp³-hybridized carbons (Fsp3) is 0.692. The highest BCUT2D eigenvalue weighted by molar-refractivity contribution is 7.92. The van der Waals surface area contributed by atoms with Crippen LogP contribution in [0.3, 0.4) is 0 Å². The first-order chi connectivity index (χ1) is 10.4. The quantitative estimate of drug-likeness (QED) is 0.694. The average molecular weight is 347 g/mol. The number of aryl methyl sites for hydroxylation is 1. The van der Waals surface area contributed by atoms with Crippen LogP contribution in [0.5, 0.6) is 0 Å². The summed E-state index contributed by atoms with van der Waals surface area (Å²) >= 11 is 0. The number of carboxylic acid groups (broad SMARTS) is 1. The topological polar surface area (TPSA) is 108 Å². The maximum absolute atomic E-state index is 12.8. The van der Waals surface area contributed by atoms with Crippen LogP contribution in [-0.2, 0) is 17.1 Å². The largest absolute Gasteiger partial charge is 0.465 e. The molecule has 2 N–H and O–H groups in total. The van der Waals surface area contributed by atoms with Gasteiger partial charge in [0.25, 0.3) is 0 Å². The maximum Gasteiger partial charge on any atom is 0.405 e. The normalized spacial score (nSPS) is 12.4. The molecule has 0 aliphatic rings. The smallest absolute Gasteiger partial charge is 0.405 e. The third-order valence-electron chi connectivity index (χ3n) is 3.05. The first-order valence-corrected chi connectivity index (χ1v) is 8.69. The lowest BCUT2D eigenvalue weighted by Gasteiger charge is -2.30. The van der Waals surface area contributed by atoms with Crippen molar-refractivity contribution in [1.29, 1.82) is 0 Å². The van der Waals surface area contributed by atoms with Gasteiger partial charge in [0.2, 0.25) is 10.0 Å². The molecule has 0 bridgehead atoms. The summed E-state index contributed by atoms with van der Waals surface area (Å²) < 4.78 is 28.4. The Bertz CT molecular complexity index is 639. The van der Waals surface area contributed by atoms with E-state index in [-0.39, 0.29) is 12.3 Å². The Kier molecular flexibility index (Phi) is 6.00. The van der Waals surface area contributed by atoms with Crippen LogP contribution >= 0.6 is 0 Å². The molecule has 0 aromatic carbocycles. The van der Waals surface area contributed by atoms with Gasteiger partial charge in [0.1, 0.15) is 0 Å². The van der Waals surface area contributed by atoms with Crippen molar-refractivity contribution in [3.8, 4) is 0 Å². The van der Waals surface area contributed by atoms with E-state index in [1.807, 2.05) is 19.0 Å². The van der Waals surface area contributed by atoms with Crippen molar-refractivity contribution in [3.63, 3.8) is 0 Å². The Balaban J connectivity index is 3.06. The minimum absolute atomic E-state index is 0.254. The third-order valence-corrected chi connectivity index (χ3v) is 5.21. The van der Waals surface area contributed by atoms with Crippen LogP contribution < -0.4 is 9.62 Å². The van der Waals surface area contributed by atoms with Crippen molar-refractivity contribution in [2.24, 2.45) is 7.05 Å². The molecule has 1 heterocycles. The molecule has 1 amide bonds. The van der Waals surface area contributed by atoms with E-state index in [1.54, 1.807) is 13.2 Å². The summed E-state index contributed by atoms with van der Waals surface area (Å²) in [5.74, 6) is -0.353. The van der Waals surface area contributed by atoms with Crippen LogP contribution in [0.25, 0.3) is 0 Å². The van der Waals surface area contributed by atoms with Gasteiger partial charge in [-0.15, -0.1) is 0 Å². The van der Waals surface area contributed by atoms with Crippen LogP contribution in [0.15, 0.2) is 12.4 Å². The van der Waals surface area contributed by atoms with Gasteiger partial charge in [0, 0.05) is 26.3 Å². The predicted octanol–water partition coefficient (Wildman–Crippen LogP) is 0.164. The number of hydrogen-bond acceptors (Lipinski definition) is 5. The minimum Gasteiger partial charge on any atom is -0.465 e. The van der Waals surface area contributed by atoms with E-state index in [2.05, 4.69) is 10.4 Å². The molecule has 0 aliphatic heterocycles. The molecule has 0 unspecified atom stereocenters. The Labute approximate surface area is 136 Å². The van der Waals surface area contributed by atoms with Crippen LogP contribution in [0.4, 0.5) is 10.5 Å². The number of aromatic nitrogens is 2. The molecule has 132 valence electrons. The van der Waals surface area contributed by atoms with Gasteiger partial charge in [-0.25, -0.2) is 13.2 Å². The van der Waals surface area contributed by atoms with Crippen molar-refractivity contribution in [3.05, 3.63) is 12.4 Å². The molecule has 9 nitrogen and oxygen atoms in total. The van der Waals surface area contributed by atoms with Crippen molar-refractivity contribution < 1.29 is 18.3 Å². The molecular weight excluding hydrogens is 322 g/mol. The van der Waals surface area contributed by atoms with Gasteiger partial charge in [0.05, 0.1) is 23.2 Å². The molecule has 0 radical (unpaired) electrons. The first-order valence-electron chi connectivity index (χ1n) is 7.08. The number of sulfonamides is 1. The molecule has 0 saturated heterocycles. The number of anilines is 1. The average Bonchev–Trinajstić information content (AvgIpc) is 2.71. The molecule has 0 atom stereocenters. The number of carbonyl (C=O) groups is 1. The number of hydrogen-bond donors (Lipinski definition) is 2. The lowest BCUT2D eigenvalue weighted by atomic mass is 10.1. The van der Waals surface area contributed by atoms with Gasteiger partial charge in [0.15, 0.2) is 0 Å². The van der Waals surface area contributed by atoms with Crippen LogP contribution in [-0.4, -0.2) is 72.8 Å². The number of nitrogens with zero attached hydrogens (tertiary/aromatic N) is 4. The zero-order valence-electron chi connectivity index (χ0n) is 14.1. The van der Waals surface area contributed by atoms with Gasteiger partial charge in [-0.1, -0.05) is 0 Å². The second-order valence-corrected chi connectivity index (χ2v) is 8.21. The molecule has 1 aromatic heterocycles. The molecule has 23 heavy (non-hydrogen) atoms. The molecule has 0 spiro atoms. The molecule has 1 aromatic rings. The molecule has 1 rings (SSSR count). The lowest BCUT2D eigenvalue weighted by Crippen LogP contribution is -2.51. The third kappa shape index (κ3) is 6.06.